The molecule has 0 spiro atoms. The topological polar surface area (TPSA) is 27.1 Å². The van der Waals surface area contributed by atoms with Crippen LogP contribution in [0.15, 0.2) is 12.4 Å². The third-order valence-corrected chi connectivity index (χ3v) is 3.14. The number of hydrogen-bond acceptors (Lipinski definition) is 3. The van der Waals surface area contributed by atoms with Gasteiger partial charge in [-0.3, -0.25) is 0 Å². The molecule has 86 valence electrons. The number of aromatic nitrogens is 2. The molecular formula is C11H20N2OS. The van der Waals surface area contributed by atoms with E-state index in [4.69, 9.17) is 4.74 Å². The highest BCUT2D eigenvalue weighted by Crippen LogP contribution is 2.18. The fraction of sp³-hybridized carbons (Fsp3) is 0.727. The molecule has 3 nitrogen and oxygen atoms in total. The van der Waals surface area contributed by atoms with E-state index in [1.54, 1.807) is 7.11 Å². The maximum absolute atomic E-state index is 5.40. The Kier molecular flexibility index (Phi) is 5.79. The summed E-state index contributed by atoms with van der Waals surface area (Å²) in [7, 11) is 1.75. The van der Waals surface area contributed by atoms with Gasteiger partial charge in [0.15, 0.2) is 0 Å². The maximum Gasteiger partial charge on any atom is 0.137 e. The monoisotopic (exact) mass is 228 g/mol. The Labute approximate surface area is 96.2 Å². The number of hydrogen-bond donors (Lipinski definition) is 0. The molecule has 1 rings (SSSR count). The number of methoxy groups -OCH3 is 1. The molecule has 0 radical (unpaired) electrons. The molecule has 1 aromatic heterocycles. The minimum Gasteiger partial charge on any atom is -0.374 e. The van der Waals surface area contributed by atoms with Crippen LogP contribution >= 0.6 is 11.8 Å². The normalized spacial score (nSPS) is 13.0. The highest BCUT2D eigenvalue weighted by atomic mass is 32.2. The van der Waals surface area contributed by atoms with Crippen LogP contribution in [0.2, 0.25) is 0 Å². The van der Waals surface area contributed by atoms with Gasteiger partial charge < -0.3 is 9.30 Å². The first-order valence-corrected chi connectivity index (χ1v) is 6.75. The number of ether oxygens (including phenoxy) is 1. The molecule has 0 aliphatic carbocycles. The van der Waals surface area contributed by atoms with Crippen molar-refractivity contribution >= 4 is 11.8 Å². The smallest absolute Gasteiger partial charge is 0.137 e. The second kappa shape index (κ2) is 6.90. The maximum atomic E-state index is 5.40. The predicted molar refractivity (Wildman–Crippen MR) is 65.3 cm³/mol. The van der Waals surface area contributed by atoms with Crippen LogP contribution in [-0.2, 0) is 11.3 Å². The molecule has 0 N–H and O–H groups in total. The van der Waals surface area contributed by atoms with Crippen molar-refractivity contribution in [1.82, 2.24) is 9.55 Å². The summed E-state index contributed by atoms with van der Waals surface area (Å²) in [6, 6.07) is 0. The van der Waals surface area contributed by atoms with Crippen molar-refractivity contribution in [1.29, 1.82) is 0 Å². The Hall–Kier alpha value is -0.480. The molecule has 0 aliphatic heterocycles. The van der Waals surface area contributed by atoms with E-state index in [0.717, 1.165) is 18.8 Å². The van der Waals surface area contributed by atoms with Crippen molar-refractivity contribution in [2.24, 2.45) is 0 Å². The first-order valence-electron chi connectivity index (χ1n) is 5.36. The van der Waals surface area contributed by atoms with Gasteiger partial charge in [-0.15, -0.1) is 0 Å². The van der Waals surface area contributed by atoms with Gasteiger partial charge in [-0.05, 0) is 24.9 Å². The van der Waals surface area contributed by atoms with Crippen LogP contribution in [0.3, 0.4) is 0 Å². The average Bonchev–Trinajstić information content (AvgIpc) is 2.69. The molecule has 0 aliphatic rings. The summed E-state index contributed by atoms with van der Waals surface area (Å²) in [5, 5.41) is 0. The zero-order chi connectivity index (χ0) is 11.1. The standard InChI is InChI=1S/C11H20N2OS/c1-4-10(14-2)11-12-6-8-13(11)7-5-9-15-3/h6,8,10H,4-5,7,9H2,1-3H3. The van der Waals surface area contributed by atoms with Crippen molar-refractivity contribution in [3.8, 4) is 0 Å². The van der Waals surface area contributed by atoms with Gasteiger partial charge in [0.2, 0.25) is 0 Å². The largest absolute Gasteiger partial charge is 0.374 e. The molecule has 1 unspecified atom stereocenters. The highest BCUT2D eigenvalue weighted by molar-refractivity contribution is 7.98. The Balaban J connectivity index is 2.59. The summed E-state index contributed by atoms with van der Waals surface area (Å²) in [6.45, 7) is 3.16. The lowest BCUT2D eigenvalue weighted by Crippen LogP contribution is -2.10. The van der Waals surface area contributed by atoms with Crippen molar-refractivity contribution in [3.05, 3.63) is 18.2 Å². The zero-order valence-corrected chi connectivity index (χ0v) is 10.6. The van der Waals surface area contributed by atoms with Crippen LogP contribution in [0.4, 0.5) is 0 Å². The molecule has 0 saturated heterocycles. The van der Waals surface area contributed by atoms with Gasteiger partial charge in [-0.25, -0.2) is 4.98 Å². The molecule has 1 atom stereocenters. The molecule has 0 aromatic carbocycles. The zero-order valence-electron chi connectivity index (χ0n) is 9.77. The molecule has 1 aromatic rings. The van der Waals surface area contributed by atoms with Crippen molar-refractivity contribution in [2.75, 3.05) is 19.1 Å². The van der Waals surface area contributed by atoms with E-state index in [2.05, 4.69) is 22.7 Å². The van der Waals surface area contributed by atoms with Gasteiger partial charge in [0, 0.05) is 26.0 Å². The van der Waals surface area contributed by atoms with E-state index in [9.17, 15) is 0 Å². The van der Waals surface area contributed by atoms with E-state index in [1.165, 1.54) is 12.2 Å². The van der Waals surface area contributed by atoms with Gasteiger partial charge in [-0.2, -0.15) is 11.8 Å². The SMILES string of the molecule is CCC(OC)c1nccn1CCCSC. The number of thioether (sulfide) groups is 1. The van der Waals surface area contributed by atoms with Crippen LogP contribution in [0.1, 0.15) is 31.7 Å². The Morgan fingerprint density at radius 2 is 2.40 bits per heavy atom. The first kappa shape index (κ1) is 12.6. The van der Waals surface area contributed by atoms with E-state index >= 15 is 0 Å². The number of nitrogens with zero attached hydrogens (tertiary/aromatic N) is 2. The Morgan fingerprint density at radius 3 is 3.00 bits per heavy atom. The van der Waals surface area contributed by atoms with Crippen LogP contribution in [0.5, 0.6) is 0 Å². The predicted octanol–water partition coefficient (Wildman–Crippen LogP) is 2.73. The second-order valence-electron chi connectivity index (χ2n) is 3.46. The van der Waals surface area contributed by atoms with Crippen molar-refractivity contribution in [2.45, 2.75) is 32.4 Å². The van der Waals surface area contributed by atoms with Crippen molar-refractivity contribution in [3.63, 3.8) is 0 Å². The van der Waals surface area contributed by atoms with Gasteiger partial charge in [-0.1, -0.05) is 6.92 Å². The van der Waals surface area contributed by atoms with Gasteiger partial charge >= 0.3 is 0 Å². The Bertz CT molecular complexity index is 271. The summed E-state index contributed by atoms with van der Waals surface area (Å²) >= 11 is 1.88. The highest BCUT2D eigenvalue weighted by Gasteiger charge is 2.13. The minimum absolute atomic E-state index is 0.134. The quantitative estimate of drug-likeness (QED) is 0.671. The van der Waals surface area contributed by atoms with Gasteiger partial charge in [0.25, 0.3) is 0 Å². The molecule has 0 fully saturated rings. The molecular weight excluding hydrogens is 208 g/mol. The van der Waals surface area contributed by atoms with Crippen LogP contribution < -0.4 is 0 Å². The van der Waals surface area contributed by atoms with Gasteiger partial charge in [0.1, 0.15) is 11.9 Å². The molecule has 4 heteroatoms. The summed E-state index contributed by atoms with van der Waals surface area (Å²) in [5.41, 5.74) is 0. The molecule has 0 bridgehead atoms. The third-order valence-electron chi connectivity index (χ3n) is 2.44. The lowest BCUT2D eigenvalue weighted by molar-refractivity contribution is 0.0893. The van der Waals surface area contributed by atoms with Crippen LogP contribution in [-0.4, -0.2) is 28.7 Å². The van der Waals surface area contributed by atoms with E-state index < -0.39 is 0 Å². The second-order valence-corrected chi connectivity index (χ2v) is 4.44. The number of aryl methyl sites for hydroxylation is 1. The van der Waals surface area contributed by atoms with Crippen LogP contribution in [0.25, 0.3) is 0 Å². The summed E-state index contributed by atoms with van der Waals surface area (Å²) in [5.74, 6) is 2.25. The van der Waals surface area contributed by atoms with E-state index in [1.807, 2.05) is 24.2 Å². The van der Waals surface area contributed by atoms with E-state index in [0.29, 0.717) is 0 Å². The lowest BCUT2D eigenvalue weighted by Gasteiger charge is -2.14. The first-order chi connectivity index (χ1) is 7.33. The number of imidazole rings is 1. The summed E-state index contributed by atoms with van der Waals surface area (Å²) in [6.07, 6.45) is 8.32. The molecule has 1 heterocycles. The minimum atomic E-state index is 0.134. The molecule has 15 heavy (non-hydrogen) atoms. The molecule has 0 saturated carbocycles. The average molecular weight is 228 g/mol. The fourth-order valence-electron chi connectivity index (χ4n) is 1.63. The molecule has 0 amide bonds. The number of rotatable bonds is 7. The Morgan fingerprint density at radius 1 is 1.60 bits per heavy atom. The van der Waals surface area contributed by atoms with Crippen molar-refractivity contribution < 1.29 is 4.74 Å². The summed E-state index contributed by atoms with van der Waals surface area (Å²) < 4.78 is 7.60. The summed E-state index contributed by atoms with van der Waals surface area (Å²) in [4.78, 5) is 4.37. The third kappa shape index (κ3) is 3.54. The van der Waals surface area contributed by atoms with E-state index in [-0.39, 0.29) is 6.10 Å². The van der Waals surface area contributed by atoms with Gasteiger partial charge in [0.05, 0.1) is 0 Å². The van der Waals surface area contributed by atoms with Crippen LogP contribution in [0, 0.1) is 0 Å². The fourth-order valence-corrected chi connectivity index (χ4v) is 2.05. The lowest BCUT2D eigenvalue weighted by atomic mass is 10.2.